The molecule has 0 saturated carbocycles. The maximum Gasteiger partial charge on any atom is 2.00 e. The van der Waals surface area contributed by atoms with Crippen molar-refractivity contribution in [2.45, 2.75) is 33.1 Å². The number of hydrogen-bond donors (Lipinski definition) is 0. The van der Waals surface area contributed by atoms with Gasteiger partial charge >= 0.3 is 17.1 Å². The van der Waals surface area contributed by atoms with E-state index in [1.54, 1.807) is 0 Å². The molecule has 1 heteroatoms. The minimum atomic E-state index is 0. The first-order valence-electron chi connectivity index (χ1n) is 2.41. The van der Waals surface area contributed by atoms with Crippen molar-refractivity contribution in [2.24, 2.45) is 0 Å². The van der Waals surface area contributed by atoms with Crippen molar-refractivity contribution in [3.05, 3.63) is 0 Å². The molecule has 0 saturated heterocycles. The zero-order chi connectivity index (χ0) is 4.12. The Morgan fingerprint density at radius 1 is 1.00 bits per heavy atom. The van der Waals surface area contributed by atoms with Crippen LogP contribution in [0.25, 0.3) is 0 Å². The summed E-state index contributed by atoms with van der Waals surface area (Å²) in [6.07, 6.45) is 4.08. The third-order valence-electron chi connectivity index (χ3n) is 0.707. The van der Waals surface area contributed by atoms with Gasteiger partial charge in [-0.2, -0.15) is 0 Å². The molecule has 0 aliphatic carbocycles. The van der Waals surface area contributed by atoms with Gasteiger partial charge in [0.2, 0.25) is 0 Å². The van der Waals surface area contributed by atoms with Gasteiger partial charge in [-0.3, -0.25) is 0 Å². The van der Waals surface area contributed by atoms with E-state index < -0.39 is 0 Å². The molecular formula is C5H12Mn+2. The van der Waals surface area contributed by atoms with E-state index in [-0.39, 0.29) is 17.1 Å². The minimum Gasteiger partial charge on any atom is -0.0654 e. The zero-order valence-corrected chi connectivity index (χ0v) is 5.68. The average Bonchev–Trinajstić information content (AvgIpc) is 1.41. The maximum absolute atomic E-state index is 2.21. The Labute approximate surface area is 50.8 Å². The Morgan fingerprint density at radius 2 is 1.33 bits per heavy atom. The molecule has 0 unspecified atom stereocenters. The predicted octanol–water partition coefficient (Wildman–Crippen LogP) is 2.19. The monoisotopic (exact) mass is 127 g/mol. The fourth-order valence-electron chi connectivity index (χ4n) is 0.354. The Kier molecular flexibility index (Phi) is 14.8. The molecule has 0 fully saturated rings. The van der Waals surface area contributed by atoms with E-state index >= 15 is 0 Å². The van der Waals surface area contributed by atoms with Crippen LogP contribution >= 0.6 is 0 Å². The van der Waals surface area contributed by atoms with Crippen LogP contribution in [0.15, 0.2) is 0 Å². The minimum absolute atomic E-state index is 0. The van der Waals surface area contributed by atoms with E-state index in [1.165, 1.54) is 19.3 Å². The largest absolute Gasteiger partial charge is 2.00 e. The van der Waals surface area contributed by atoms with E-state index in [4.69, 9.17) is 0 Å². The summed E-state index contributed by atoms with van der Waals surface area (Å²) in [5.41, 5.74) is 0. The standard InChI is InChI=1S/C5H12.Mn/c1-3-5-4-2;/h3-5H2,1-2H3;/q;+2. The number of rotatable bonds is 2. The second-order valence-corrected chi connectivity index (χ2v) is 1.35. The van der Waals surface area contributed by atoms with Crippen LogP contribution in [0.5, 0.6) is 0 Å². The van der Waals surface area contributed by atoms with E-state index in [1.807, 2.05) is 0 Å². The van der Waals surface area contributed by atoms with Gasteiger partial charge in [-0.25, -0.2) is 0 Å². The second-order valence-electron chi connectivity index (χ2n) is 1.35. The summed E-state index contributed by atoms with van der Waals surface area (Å²) in [6.45, 7) is 4.42. The van der Waals surface area contributed by atoms with Crippen LogP contribution in [-0.2, 0) is 17.1 Å². The van der Waals surface area contributed by atoms with Crippen molar-refractivity contribution in [2.75, 3.05) is 0 Å². The van der Waals surface area contributed by atoms with Gasteiger partial charge in [-0.15, -0.1) is 0 Å². The fourth-order valence-corrected chi connectivity index (χ4v) is 0.354. The molecule has 0 rings (SSSR count). The van der Waals surface area contributed by atoms with Gasteiger partial charge in [0.15, 0.2) is 0 Å². The average molecular weight is 127 g/mol. The van der Waals surface area contributed by atoms with Gasteiger partial charge in [0.1, 0.15) is 0 Å². The third-order valence-corrected chi connectivity index (χ3v) is 0.707. The molecule has 0 aliphatic heterocycles. The number of unbranched alkanes of at least 4 members (excludes halogenated alkanes) is 2. The van der Waals surface area contributed by atoms with Gasteiger partial charge in [0.25, 0.3) is 0 Å². The molecule has 0 bridgehead atoms. The van der Waals surface area contributed by atoms with Gasteiger partial charge in [-0.1, -0.05) is 33.1 Å². The van der Waals surface area contributed by atoms with Crippen molar-refractivity contribution >= 4 is 0 Å². The summed E-state index contributed by atoms with van der Waals surface area (Å²) < 4.78 is 0. The molecule has 0 aromatic rings. The molecule has 0 nitrogen and oxygen atoms in total. The molecular weight excluding hydrogens is 115 g/mol. The van der Waals surface area contributed by atoms with E-state index in [9.17, 15) is 0 Å². The van der Waals surface area contributed by atoms with Gasteiger partial charge < -0.3 is 0 Å². The molecule has 0 aromatic carbocycles. The quantitative estimate of drug-likeness (QED) is 0.499. The van der Waals surface area contributed by atoms with Crippen LogP contribution in [-0.4, -0.2) is 0 Å². The van der Waals surface area contributed by atoms with E-state index in [0.717, 1.165) is 0 Å². The summed E-state index contributed by atoms with van der Waals surface area (Å²) in [4.78, 5) is 0. The second kappa shape index (κ2) is 9.10. The molecule has 6 heavy (non-hydrogen) atoms. The van der Waals surface area contributed by atoms with Crippen molar-refractivity contribution in [3.8, 4) is 0 Å². The molecule has 0 spiro atoms. The van der Waals surface area contributed by atoms with Gasteiger partial charge in [-0.05, 0) is 0 Å². The van der Waals surface area contributed by atoms with Crippen LogP contribution < -0.4 is 0 Å². The summed E-state index contributed by atoms with van der Waals surface area (Å²) in [5, 5.41) is 0. The van der Waals surface area contributed by atoms with E-state index in [2.05, 4.69) is 13.8 Å². The Hall–Kier alpha value is 0.519. The topological polar surface area (TPSA) is 0 Å². The molecule has 0 heterocycles. The Morgan fingerprint density at radius 3 is 1.33 bits per heavy atom. The molecule has 37 valence electrons. The summed E-state index contributed by atoms with van der Waals surface area (Å²) >= 11 is 0. The van der Waals surface area contributed by atoms with Crippen LogP contribution in [0.1, 0.15) is 33.1 Å². The van der Waals surface area contributed by atoms with Gasteiger partial charge in [0.05, 0.1) is 0 Å². The number of hydrogen-bond acceptors (Lipinski definition) is 0. The molecule has 0 aromatic heterocycles. The van der Waals surface area contributed by atoms with Crippen LogP contribution in [0, 0.1) is 0 Å². The van der Waals surface area contributed by atoms with Crippen molar-refractivity contribution < 1.29 is 17.1 Å². The van der Waals surface area contributed by atoms with Crippen LogP contribution in [0.2, 0.25) is 0 Å². The first-order chi connectivity index (χ1) is 2.41. The Balaban J connectivity index is 0. The van der Waals surface area contributed by atoms with Gasteiger partial charge in [0, 0.05) is 0 Å². The van der Waals surface area contributed by atoms with Crippen molar-refractivity contribution in [1.82, 2.24) is 0 Å². The normalized spacial score (nSPS) is 7.00. The predicted molar refractivity (Wildman–Crippen MR) is 25.2 cm³/mol. The summed E-state index contributed by atoms with van der Waals surface area (Å²) in [6, 6.07) is 0. The van der Waals surface area contributed by atoms with Crippen LogP contribution in [0.3, 0.4) is 0 Å². The Bertz CT molecular complexity index is 11.4. The summed E-state index contributed by atoms with van der Waals surface area (Å²) in [5.74, 6) is 0. The third kappa shape index (κ3) is 8.82. The molecule has 0 N–H and O–H groups in total. The zero-order valence-electron chi connectivity index (χ0n) is 4.50. The fraction of sp³-hybridized carbons (Fsp3) is 1.00. The molecule has 0 amide bonds. The first kappa shape index (κ1) is 9.72. The SMILES string of the molecule is CCCCC.[Mn+2]. The molecule has 0 atom stereocenters. The van der Waals surface area contributed by atoms with Crippen molar-refractivity contribution in [1.29, 1.82) is 0 Å². The smallest absolute Gasteiger partial charge is 0.0654 e. The van der Waals surface area contributed by atoms with Crippen LogP contribution in [0.4, 0.5) is 0 Å². The van der Waals surface area contributed by atoms with E-state index in [0.29, 0.717) is 0 Å². The molecule has 1 radical (unpaired) electrons. The van der Waals surface area contributed by atoms with Crippen molar-refractivity contribution in [3.63, 3.8) is 0 Å². The first-order valence-corrected chi connectivity index (χ1v) is 2.41. The summed E-state index contributed by atoms with van der Waals surface area (Å²) in [7, 11) is 0. The maximum atomic E-state index is 2.21. The molecule has 0 aliphatic rings.